The first-order chi connectivity index (χ1) is 10.7. The molecule has 22 heavy (non-hydrogen) atoms. The lowest BCUT2D eigenvalue weighted by Gasteiger charge is -2.39. The van der Waals surface area contributed by atoms with E-state index >= 15 is 0 Å². The standard InChI is InChI=1S/C16H24N2O4/c1-17(2)6-9-21-14-4-3-13-15(14)22-10-7-18(13)16(19)12-5-8-20-11-12/h5,8,11,13-15H,3-4,6-7,9-10H2,1-2H3/t13-,14+,15+/m0/s1. The third-order valence-electron chi connectivity index (χ3n) is 4.43. The summed E-state index contributed by atoms with van der Waals surface area (Å²) in [7, 11) is 4.06. The van der Waals surface area contributed by atoms with Crippen LogP contribution in [-0.2, 0) is 9.47 Å². The van der Waals surface area contributed by atoms with Gasteiger partial charge in [0.25, 0.3) is 5.91 Å². The van der Waals surface area contributed by atoms with Crippen molar-refractivity contribution in [3.05, 3.63) is 24.2 Å². The minimum atomic E-state index is -0.00763. The predicted molar refractivity (Wildman–Crippen MR) is 80.8 cm³/mol. The number of nitrogens with zero attached hydrogens (tertiary/aromatic N) is 2. The maximum Gasteiger partial charge on any atom is 0.257 e. The van der Waals surface area contributed by atoms with E-state index in [1.165, 1.54) is 12.5 Å². The van der Waals surface area contributed by atoms with Gasteiger partial charge in [0.2, 0.25) is 0 Å². The van der Waals surface area contributed by atoms with Crippen molar-refractivity contribution >= 4 is 5.91 Å². The molecule has 6 nitrogen and oxygen atoms in total. The number of rotatable bonds is 5. The number of morpholine rings is 1. The minimum absolute atomic E-state index is 0.00763. The molecule has 1 aromatic rings. The molecule has 2 heterocycles. The number of hydrogen-bond donors (Lipinski definition) is 0. The van der Waals surface area contributed by atoms with Gasteiger partial charge in [-0.15, -0.1) is 0 Å². The smallest absolute Gasteiger partial charge is 0.257 e. The van der Waals surface area contributed by atoms with Gasteiger partial charge < -0.3 is 23.7 Å². The second-order valence-electron chi connectivity index (χ2n) is 6.20. The Morgan fingerprint density at radius 2 is 2.32 bits per heavy atom. The second-order valence-corrected chi connectivity index (χ2v) is 6.20. The van der Waals surface area contributed by atoms with E-state index in [1.807, 2.05) is 19.0 Å². The van der Waals surface area contributed by atoms with Gasteiger partial charge in [0.1, 0.15) is 12.4 Å². The molecule has 0 aromatic carbocycles. The van der Waals surface area contributed by atoms with Crippen LogP contribution < -0.4 is 0 Å². The summed E-state index contributed by atoms with van der Waals surface area (Å²) in [6, 6.07) is 1.83. The Kier molecular flexibility index (Phi) is 4.81. The summed E-state index contributed by atoms with van der Waals surface area (Å²) in [5, 5.41) is 0. The van der Waals surface area contributed by atoms with Crippen LogP contribution in [0.4, 0.5) is 0 Å². The number of hydrogen-bond acceptors (Lipinski definition) is 5. The molecule has 1 saturated carbocycles. The van der Waals surface area contributed by atoms with Crippen molar-refractivity contribution < 1.29 is 18.7 Å². The van der Waals surface area contributed by atoms with Crippen molar-refractivity contribution in [3.8, 4) is 0 Å². The van der Waals surface area contributed by atoms with E-state index in [-0.39, 0.29) is 24.2 Å². The van der Waals surface area contributed by atoms with Gasteiger partial charge in [0.15, 0.2) is 0 Å². The molecule has 3 rings (SSSR count). The summed E-state index contributed by atoms with van der Waals surface area (Å²) in [6.07, 6.45) is 5.00. The largest absolute Gasteiger partial charge is 0.472 e. The Bertz CT molecular complexity index is 488. The van der Waals surface area contributed by atoms with Crippen LogP contribution >= 0.6 is 0 Å². The van der Waals surface area contributed by atoms with Gasteiger partial charge in [-0.1, -0.05) is 0 Å². The lowest BCUT2D eigenvalue weighted by Crippen LogP contribution is -2.54. The molecule has 1 amide bonds. The molecule has 1 aliphatic carbocycles. The van der Waals surface area contributed by atoms with Crippen molar-refractivity contribution in [1.29, 1.82) is 0 Å². The van der Waals surface area contributed by atoms with Crippen molar-refractivity contribution in [1.82, 2.24) is 9.80 Å². The van der Waals surface area contributed by atoms with E-state index in [0.29, 0.717) is 25.3 Å². The molecular formula is C16H24N2O4. The highest BCUT2D eigenvalue weighted by Gasteiger charge is 2.45. The van der Waals surface area contributed by atoms with Gasteiger partial charge in [0, 0.05) is 13.1 Å². The number of amides is 1. The summed E-state index contributed by atoms with van der Waals surface area (Å²) in [5.74, 6) is 0.0287. The molecule has 0 radical (unpaired) electrons. The Labute approximate surface area is 131 Å². The van der Waals surface area contributed by atoms with E-state index in [0.717, 1.165) is 19.4 Å². The number of carbonyl (C=O) groups is 1. The predicted octanol–water partition coefficient (Wildman–Crippen LogP) is 1.23. The number of ether oxygens (including phenoxy) is 2. The Balaban J connectivity index is 1.62. The van der Waals surface area contributed by atoms with Crippen LogP contribution in [0.1, 0.15) is 23.2 Å². The first-order valence-corrected chi connectivity index (χ1v) is 7.88. The summed E-state index contributed by atoms with van der Waals surface area (Å²) >= 11 is 0. The molecule has 2 fully saturated rings. The highest BCUT2D eigenvalue weighted by molar-refractivity contribution is 5.94. The number of likely N-dealkylation sites (N-methyl/N-ethyl adjacent to an activating group) is 1. The molecular weight excluding hydrogens is 284 g/mol. The monoisotopic (exact) mass is 308 g/mol. The van der Waals surface area contributed by atoms with Crippen molar-refractivity contribution in [2.75, 3.05) is 40.4 Å². The molecule has 3 atom stereocenters. The number of fused-ring (bicyclic) bond motifs is 1. The molecule has 122 valence electrons. The van der Waals surface area contributed by atoms with E-state index in [4.69, 9.17) is 13.9 Å². The van der Waals surface area contributed by atoms with E-state index in [9.17, 15) is 4.79 Å². The quantitative estimate of drug-likeness (QED) is 0.819. The third-order valence-corrected chi connectivity index (χ3v) is 4.43. The van der Waals surface area contributed by atoms with Gasteiger partial charge in [-0.2, -0.15) is 0 Å². The van der Waals surface area contributed by atoms with Crippen LogP contribution in [-0.4, -0.2) is 74.4 Å². The van der Waals surface area contributed by atoms with E-state index in [2.05, 4.69) is 4.90 Å². The van der Waals surface area contributed by atoms with Crippen LogP contribution in [0.3, 0.4) is 0 Å². The van der Waals surface area contributed by atoms with Crippen molar-refractivity contribution in [2.45, 2.75) is 31.1 Å². The number of carbonyl (C=O) groups excluding carboxylic acids is 1. The average molecular weight is 308 g/mol. The van der Waals surface area contributed by atoms with Gasteiger partial charge in [-0.3, -0.25) is 4.79 Å². The highest BCUT2D eigenvalue weighted by atomic mass is 16.5. The zero-order valence-electron chi connectivity index (χ0n) is 13.2. The van der Waals surface area contributed by atoms with E-state index < -0.39 is 0 Å². The summed E-state index contributed by atoms with van der Waals surface area (Å²) in [5.41, 5.74) is 0.609. The lowest BCUT2D eigenvalue weighted by molar-refractivity contribution is -0.105. The van der Waals surface area contributed by atoms with Crippen LogP contribution in [0.15, 0.2) is 23.0 Å². The molecule has 0 spiro atoms. The maximum absolute atomic E-state index is 12.6. The topological polar surface area (TPSA) is 55.2 Å². The van der Waals surface area contributed by atoms with Gasteiger partial charge in [-0.05, 0) is 33.0 Å². The lowest BCUT2D eigenvalue weighted by atomic mass is 10.1. The van der Waals surface area contributed by atoms with E-state index in [1.54, 1.807) is 6.07 Å². The molecule has 1 aliphatic heterocycles. The molecule has 0 bridgehead atoms. The SMILES string of the molecule is CN(C)CCO[C@@H]1CC[C@H]2[C@H]1OCCN2C(=O)c1ccoc1. The average Bonchev–Trinajstić information content (AvgIpc) is 3.15. The maximum atomic E-state index is 12.6. The fraction of sp³-hybridized carbons (Fsp3) is 0.688. The van der Waals surface area contributed by atoms with Crippen LogP contribution in [0.25, 0.3) is 0 Å². The van der Waals surface area contributed by atoms with Gasteiger partial charge in [-0.25, -0.2) is 0 Å². The van der Waals surface area contributed by atoms with Crippen LogP contribution in [0.2, 0.25) is 0 Å². The summed E-state index contributed by atoms with van der Waals surface area (Å²) < 4.78 is 16.9. The fourth-order valence-electron chi connectivity index (χ4n) is 3.28. The Morgan fingerprint density at radius 3 is 3.05 bits per heavy atom. The van der Waals surface area contributed by atoms with Crippen LogP contribution in [0.5, 0.6) is 0 Å². The fourth-order valence-corrected chi connectivity index (χ4v) is 3.28. The zero-order valence-corrected chi connectivity index (χ0v) is 13.2. The summed E-state index contributed by atoms with van der Waals surface area (Å²) in [4.78, 5) is 16.6. The summed E-state index contributed by atoms with van der Waals surface area (Å²) in [6.45, 7) is 2.79. The third kappa shape index (κ3) is 3.19. The van der Waals surface area contributed by atoms with Gasteiger partial charge in [0.05, 0.1) is 37.2 Å². The van der Waals surface area contributed by atoms with Gasteiger partial charge >= 0.3 is 0 Å². The number of furan rings is 1. The first kappa shape index (κ1) is 15.5. The molecule has 2 aliphatic rings. The minimum Gasteiger partial charge on any atom is -0.472 e. The molecule has 6 heteroatoms. The van der Waals surface area contributed by atoms with Crippen molar-refractivity contribution in [3.63, 3.8) is 0 Å². The normalized spacial score (nSPS) is 28.1. The second kappa shape index (κ2) is 6.81. The Hall–Kier alpha value is -1.37. The molecule has 0 unspecified atom stereocenters. The Morgan fingerprint density at radius 1 is 1.45 bits per heavy atom. The van der Waals surface area contributed by atoms with Crippen LogP contribution in [0, 0.1) is 0 Å². The highest BCUT2D eigenvalue weighted by Crippen LogP contribution is 2.33. The molecule has 0 N–H and O–H groups in total. The molecule has 1 saturated heterocycles. The van der Waals surface area contributed by atoms with Crippen molar-refractivity contribution in [2.24, 2.45) is 0 Å². The molecule has 1 aromatic heterocycles. The zero-order chi connectivity index (χ0) is 15.5. The first-order valence-electron chi connectivity index (χ1n) is 7.88.